The fourth-order valence-corrected chi connectivity index (χ4v) is 6.62. The number of thioether (sulfide) groups is 1. The van der Waals surface area contributed by atoms with E-state index < -0.39 is 17.7 Å². The number of aliphatic hydroxyl groups excluding tert-OH is 1. The molecule has 0 radical (unpaired) electrons. The first-order valence-corrected chi connectivity index (χ1v) is 16.2. The van der Waals surface area contributed by atoms with Crippen molar-refractivity contribution in [3.63, 3.8) is 0 Å². The van der Waals surface area contributed by atoms with E-state index in [1.807, 2.05) is 24.3 Å². The van der Waals surface area contributed by atoms with E-state index in [0.717, 1.165) is 24.0 Å². The Kier molecular flexibility index (Phi) is 9.51. The third-order valence-electron chi connectivity index (χ3n) is 7.31. The predicted octanol–water partition coefficient (Wildman–Crippen LogP) is 8.07. The number of ketones is 1. The van der Waals surface area contributed by atoms with E-state index in [1.54, 1.807) is 36.4 Å². The lowest BCUT2D eigenvalue weighted by Crippen LogP contribution is -2.29. The number of carbonyl (C=O) groups excluding carboxylic acids is 2. The molecule has 2 heterocycles. The van der Waals surface area contributed by atoms with Crippen molar-refractivity contribution in [1.82, 2.24) is 10.2 Å². The number of halogens is 1. The molecule has 1 saturated heterocycles. The van der Waals surface area contributed by atoms with Gasteiger partial charge < -0.3 is 9.84 Å². The predicted molar refractivity (Wildman–Crippen MR) is 173 cm³/mol. The van der Waals surface area contributed by atoms with Gasteiger partial charge in [-0.3, -0.25) is 14.5 Å². The van der Waals surface area contributed by atoms with E-state index in [4.69, 9.17) is 4.74 Å². The minimum absolute atomic E-state index is 0.0196. The van der Waals surface area contributed by atoms with Crippen LogP contribution >= 0.6 is 23.1 Å². The number of carbonyl (C=O) groups is 2. The summed E-state index contributed by atoms with van der Waals surface area (Å²) in [5.41, 5.74) is 2.94. The second-order valence-corrected chi connectivity index (χ2v) is 13.7. The van der Waals surface area contributed by atoms with Crippen molar-refractivity contribution in [3.05, 3.63) is 106 Å². The molecule has 1 aliphatic heterocycles. The number of benzene rings is 3. The summed E-state index contributed by atoms with van der Waals surface area (Å²) < 4.78 is 19.6. The summed E-state index contributed by atoms with van der Waals surface area (Å²) in [5.74, 6) is -0.980. The van der Waals surface area contributed by atoms with Crippen LogP contribution in [0.5, 0.6) is 5.75 Å². The third kappa shape index (κ3) is 6.87. The largest absolute Gasteiger partial charge is 0.507 e. The maximum Gasteiger partial charge on any atom is 0.301 e. The molecule has 1 N–H and O–H groups in total. The van der Waals surface area contributed by atoms with Crippen LogP contribution in [-0.2, 0) is 20.8 Å². The summed E-state index contributed by atoms with van der Waals surface area (Å²) in [6.07, 6.45) is 1.94. The number of nitrogens with zero attached hydrogens (tertiary/aromatic N) is 3. The van der Waals surface area contributed by atoms with Crippen molar-refractivity contribution in [2.45, 2.75) is 62.1 Å². The van der Waals surface area contributed by atoms with Crippen molar-refractivity contribution >= 4 is 45.7 Å². The molecule has 1 fully saturated rings. The highest BCUT2D eigenvalue weighted by atomic mass is 32.2. The monoisotopic (exact) mass is 631 g/mol. The van der Waals surface area contributed by atoms with Crippen LogP contribution < -0.4 is 9.64 Å². The molecule has 5 rings (SSSR count). The second kappa shape index (κ2) is 13.3. The van der Waals surface area contributed by atoms with Gasteiger partial charge in [0.1, 0.15) is 17.3 Å². The summed E-state index contributed by atoms with van der Waals surface area (Å²) in [4.78, 5) is 28.5. The van der Waals surface area contributed by atoms with Gasteiger partial charge in [-0.15, -0.1) is 10.2 Å². The molecule has 228 valence electrons. The number of amides is 1. The Morgan fingerprint density at radius 2 is 1.68 bits per heavy atom. The molecule has 10 heteroatoms. The van der Waals surface area contributed by atoms with E-state index in [-0.39, 0.29) is 27.7 Å². The highest BCUT2D eigenvalue weighted by Crippen LogP contribution is 2.44. The van der Waals surface area contributed by atoms with Crippen molar-refractivity contribution in [2.75, 3.05) is 11.5 Å². The Morgan fingerprint density at radius 3 is 2.32 bits per heavy atom. The molecule has 3 aromatic carbocycles. The number of aromatic nitrogens is 2. The van der Waals surface area contributed by atoms with Gasteiger partial charge in [0.2, 0.25) is 5.13 Å². The van der Waals surface area contributed by atoms with E-state index >= 15 is 0 Å². The van der Waals surface area contributed by atoms with Crippen LogP contribution in [0.15, 0.2) is 82.7 Å². The Balaban J connectivity index is 1.51. The number of hydrogen-bond acceptors (Lipinski definition) is 8. The normalized spacial score (nSPS) is 16.5. The topological polar surface area (TPSA) is 92.6 Å². The molecule has 0 bridgehead atoms. The average Bonchev–Trinajstić information content (AvgIpc) is 3.58. The van der Waals surface area contributed by atoms with Gasteiger partial charge in [-0.2, -0.15) is 0 Å². The maximum absolute atomic E-state index is 13.6. The van der Waals surface area contributed by atoms with Crippen molar-refractivity contribution < 1.29 is 23.8 Å². The third-order valence-corrected chi connectivity index (χ3v) is 9.44. The second-order valence-electron chi connectivity index (χ2n) is 11.5. The lowest BCUT2D eigenvalue weighted by Gasteiger charge is -2.24. The molecule has 0 spiro atoms. The first kappa shape index (κ1) is 31.4. The fraction of sp³-hybridized carbons (Fsp3) is 0.294. The summed E-state index contributed by atoms with van der Waals surface area (Å²) in [5, 5.41) is 20.3. The quantitative estimate of drug-likeness (QED) is 0.0473. The van der Waals surface area contributed by atoms with Crippen molar-refractivity contribution in [2.24, 2.45) is 0 Å². The van der Waals surface area contributed by atoms with E-state index in [0.29, 0.717) is 33.6 Å². The molecule has 1 unspecified atom stereocenters. The molecular formula is C34H34FN3O4S2. The molecule has 1 amide bonds. The van der Waals surface area contributed by atoms with E-state index in [2.05, 4.69) is 37.9 Å². The number of Topliss-reactive ketones (excluding diaryl/α,β-unsaturated/α-hetero) is 1. The maximum atomic E-state index is 13.6. The molecule has 1 atom stereocenters. The molecule has 4 aromatic rings. The fourth-order valence-electron chi connectivity index (χ4n) is 4.79. The zero-order valence-electron chi connectivity index (χ0n) is 25.0. The SMILES string of the molecule is CCCCOc1ccc(/C(O)=C2\C(=O)C(=O)N(c3nnc(SCc4ccc(F)cc4)s3)C2c2ccc(C(C)(C)C)cc2)cc1. The summed E-state index contributed by atoms with van der Waals surface area (Å²) >= 11 is 2.59. The van der Waals surface area contributed by atoms with Gasteiger partial charge in [-0.25, -0.2) is 4.39 Å². The molecule has 1 aliphatic rings. The minimum Gasteiger partial charge on any atom is -0.507 e. The zero-order valence-corrected chi connectivity index (χ0v) is 26.7. The first-order valence-electron chi connectivity index (χ1n) is 14.4. The average molecular weight is 632 g/mol. The van der Waals surface area contributed by atoms with Crippen LogP contribution in [0.2, 0.25) is 0 Å². The number of rotatable bonds is 10. The van der Waals surface area contributed by atoms with Gasteiger partial charge in [0, 0.05) is 11.3 Å². The van der Waals surface area contributed by atoms with E-state index in [9.17, 15) is 19.1 Å². The number of hydrogen-bond donors (Lipinski definition) is 1. The smallest absolute Gasteiger partial charge is 0.301 e. The lowest BCUT2D eigenvalue weighted by molar-refractivity contribution is -0.132. The van der Waals surface area contributed by atoms with Gasteiger partial charge in [-0.1, -0.05) is 93.6 Å². The van der Waals surface area contributed by atoms with Crippen LogP contribution in [0.1, 0.15) is 68.8 Å². The van der Waals surface area contributed by atoms with Crippen LogP contribution in [0.25, 0.3) is 5.76 Å². The van der Waals surface area contributed by atoms with Crippen molar-refractivity contribution in [3.8, 4) is 5.75 Å². The lowest BCUT2D eigenvalue weighted by atomic mass is 9.85. The Hall–Kier alpha value is -4.02. The van der Waals surface area contributed by atoms with Crippen LogP contribution in [0.4, 0.5) is 9.52 Å². The first-order chi connectivity index (χ1) is 21.1. The molecule has 0 saturated carbocycles. The van der Waals surface area contributed by atoms with Gasteiger partial charge in [0.25, 0.3) is 5.78 Å². The number of anilines is 1. The van der Waals surface area contributed by atoms with Gasteiger partial charge in [0.15, 0.2) is 4.34 Å². The Morgan fingerprint density at radius 1 is 1.00 bits per heavy atom. The Labute approximate surface area is 264 Å². The molecular weight excluding hydrogens is 598 g/mol. The number of unbranched alkanes of at least 4 members (excludes halogenated alkanes) is 1. The molecule has 7 nitrogen and oxygen atoms in total. The molecule has 44 heavy (non-hydrogen) atoms. The van der Waals surface area contributed by atoms with Crippen LogP contribution in [0, 0.1) is 5.82 Å². The van der Waals surface area contributed by atoms with Crippen LogP contribution in [-0.4, -0.2) is 33.6 Å². The molecule has 0 aliphatic carbocycles. The van der Waals surface area contributed by atoms with Crippen molar-refractivity contribution in [1.29, 1.82) is 0 Å². The molecule has 1 aromatic heterocycles. The van der Waals surface area contributed by atoms with Gasteiger partial charge in [-0.05, 0) is 64.9 Å². The number of ether oxygens (including phenoxy) is 1. The number of aliphatic hydroxyl groups is 1. The van der Waals surface area contributed by atoms with Crippen LogP contribution in [0.3, 0.4) is 0 Å². The summed E-state index contributed by atoms with van der Waals surface area (Å²) in [6.45, 7) is 8.99. The summed E-state index contributed by atoms with van der Waals surface area (Å²) in [7, 11) is 0. The highest BCUT2D eigenvalue weighted by molar-refractivity contribution is 8.00. The summed E-state index contributed by atoms with van der Waals surface area (Å²) in [6, 6.07) is 19.8. The Bertz CT molecular complexity index is 1660. The zero-order chi connectivity index (χ0) is 31.4. The van der Waals surface area contributed by atoms with Gasteiger partial charge in [0.05, 0.1) is 18.2 Å². The van der Waals surface area contributed by atoms with Gasteiger partial charge >= 0.3 is 5.91 Å². The highest BCUT2D eigenvalue weighted by Gasteiger charge is 2.48. The standard InChI is InChI=1S/C34H34FN3O4S2/c1-5-6-19-42-26-17-11-23(12-18-26)29(39)27-28(22-9-13-24(14-10-22)34(2,3)4)38(31(41)30(27)40)32-36-37-33(44-32)43-20-21-7-15-25(35)16-8-21/h7-18,28,39H,5-6,19-20H2,1-4H3/b29-27+. The minimum atomic E-state index is -0.910. The van der Waals surface area contributed by atoms with E-state index in [1.165, 1.54) is 40.1 Å².